The zero-order chi connectivity index (χ0) is 23.3. The molecule has 9 nitrogen and oxygen atoms in total. The molecule has 0 saturated carbocycles. The van der Waals surface area contributed by atoms with E-state index in [4.69, 9.17) is 34.6 Å². The van der Waals surface area contributed by atoms with Crippen LogP contribution in [-0.2, 0) is 10.1 Å². The Morgan fingerprint density at radius 1 is 0.935 bits per heavy atom. The maximum absolute atomic E-state index is 9.19. The zero-order valence-corrected chi connectivity index (χ0v) is 18.8. The minimum absolute atomic E-state index is 0.0595. The van der Waals surface area contributed by atoms with Crippen molar-refractivity contribution in [3.63, 3.8) is 0 Å². The van der Waals surface area contributed by atoms with Gasteiger partial charge in [0.25, 0.3) is 10.1 Å². The van der Waals surface area contributed by atoms with Crippen molar-refractivity contribution in [2.24, 2.45) is 5.73 Å². The average molecular weight is 455 g/mol. The molecule has 4 N–H and O–H groups in total. The van der Waals surface area contributed by atoms with Crippen molar-refractivity contribution in [3.05, 3.63) is 48.0 Å². The van der Waals surface area contributed by atoms with Gasteiger partial charge in [0.2, 0.25) is 5.75 Å². The number of unbranched alkanes of at least 4 members (excludes halogenated alkanes) is 2. The second kappa shape index (κ2) is 13.3. The lowest BCUT2D eigenvalue weighted by molar-refractivity contribution is 0.265. The molecule has 2 rings (SSSR count). The summed E-state index contributed by atoms with van der Waals surface area (Å²) in [6.07, 6.45) is 3.57. The van der Waals surface area contributed by atoms with Gasteiger partial charge < -0.3 is 24.7 Å². The van der Waals surface area contributed by atoms with E-state index >= 15 is 0 Å². The van der Waals surface area contributed by atoms with Crippen LogP contribution in [0.1, 0.15) is 24.8 Å². The molecule has 0 aliphatic heterocycles. The fourth-order valence-corrected chi connectivity index (χ4v) is 2.46. The molecule has 31 heavy (non-hydrogen) atoms. The lowest BCUT2D eigenvalue weighted by Crippen LogP contribution is -2.10. The van der Waals surface area contributed by atoms with Gasteiger partial charge in [-0.2, -0.15) is 8.42 Å². The first kappa shape index (κ1) is 26.1. The Kier molecular flexibility index (Phi) is 11.2. The van der Waals surface area contributed by atoms with Crippen LogP contribution >= 0.6 is 0 Å². The number of methoxy groups -OCH3 is 2. The summed E-state index contributed by atoms with van der Waals surface area (Å²) in [6.45, 7) is 1.25. The van der Waals surface area contributed by atoms with Gasteiger partial charge in [0.15, 0.2) is 11.5 Å². The molecule has 0 bridgehead atoms. The molecular formula is C21H30N2O7S. The van der Waals surface area contributed by atoms with Gasteiger partial charge in [0.1, 0.15) is 11.6 Å². The van der Waals surface area contributed by atoms with Crippen molar-refractivity contribution in [3.8, 4) is 23.0 Å². The number of ether oxygens (including phenoxy) is 4. The molecular weight excluding hydrogens is 424 g/mol. The van der Waals surface area contributed by atoms with Crippen LogP contribution in [0.15, 0.2) is 42.5 Å². The van der Waals surface area contributed by atoms with Gasteiger partial charge in [-0.1, -0.05) is 6.07 Å². The van der Waals surface area contributed by atoms with Crippen molar-refractivity contribution < 1.29 is 31.9 Å². The third-order valence-corrected chi connectivity index (χ3v) is 3.85. The first-order chi connectivity index (χ1) is 14.7. The number of benzene rings is 2. The lowest BCUT2D eigenvalue weighted by atomic mass is 10.2. The number of hydrogen-bond donors (Lipinski definition) is 3. The molecule has 0 spiro atoms. The minimum Gasteiger partial charge on any atom is -0.494 e. The second-order valence-corrected chi connectivity index (χ2v) is 7.89. The van der Waals surface area contributed by atoms with Crippen LogP contribution in [0.3, 0.4) is 0 Å². The highest BCUT2D eigenvalue weighted by atomic mass is 32.2. The molecule has 0 aliphatic rings. The molecule has 0 heterocycles. The van der Waals surface area contributed by atoms with Gasteiger partial charge in [-0.05, 0) is 55.7 Å². The quantitative estimate of drug-likeness (QED) is 0.203. The summed E-state index contributed by atoms with van der Waals surface area (Å²) in [7, 11) is -0.458. The number of nitrogens with one attached hydrogen (secondary N) is 1. The SMILES string of the molecule is COc1cccc(OCCCCCOc2ccc(C(=N)N)cc2)c1OC.CS(=O)(=O)O. The molecule has 0 fully saturated rings. The minimum atomic E-state index is -3.67. The molecule has 0 amide bonds. The van der Waals surface area contributed by atoms with Gasteiger partial charge in [0, 0.05) is 5.56 Å². The lowest BCUT2D eigenvalue weighted by Gasteiger charge is -2.13. The van der Waals surface area contributed by atoms with Crippen molar-refractivity contribution in [2.75, 3.05) is 33.7 Å². The number of para-hydroxylation sites is 1. The van der Waals surface area contributed by atoms with E-state index in [1.165, 1.54) is 0 Å². The van der Waals surface area contributed by atoms with Gasteiger partial charge in [-0.3, -0.25) is 9.96 Å². The highest BCUT2D eigenvalue weighted by molar-refractivity contribution is 7.85. The summed E-state index contributed by atoms with van der Waals surface area (Å²) in [5, 5.41) is 7.36. The molecule has 0 radical (unpaired) electrons. The van der Waals surface area contributed by atoms with E-state index in [9.17, 15) is 8.42 Å². The van der Waals surface area contributed by atoms with Crippen LogP contribution in [0.4, 0.5) is 0 Å². The Balaban J connectivity index is 0.000000861. The molecule has 172 valence electrons. The number of rotatable bonds is 11. The van der Waals surface area contributed by atoms with E-state index in [0.717, 1.165) is 25.0 Å². The highest BCUT2D eigenvalue weighted by Crippen LogP contribution is 2.36. The van der Waals surface area contributed by atoms with E-state index in [0.29, 0.717) is 42.3 Å². The van der Waals surface area contributed by atoms with E-state index in [-0.39, 0.29) is 5.84 Å². The van der Waals surface area contributed by atoms with Gasteiger partial charge in [-0.25, -0.2) is 0 Å². The zero-order valence-electron chi connectivity index (χ0n) is 18.0. The molecule has 0 aliphatic carbocycles. The Morgan fingerprint density at radius 3 is 2.00 bits per heavy atom. The summed E-state index contributed by atoms with van der Waals surface area (Å²) in [5.41, 5.74) is 6.12. The van der Waals surface area contributed by atoms with E-state index < -0.39 is 10.1 Å². The Morgan fingerprint density at radius 2 is 1.48 bits per heavy atom. The maximum atomic E-state index is 9.19. The normalized spacial score (nSPS) is 10.5. The molecule has 0 unspecified atom stereocenters. The Labute approximate surface area is 183 Å². The number of nitrogens with two attached hydrogens (primary N) is 1. The van der Waals surface area contributed by atoms with Crippen molar-refractivity contribution in [2.45, 2.75) is 19.3 Å². The molecule has 0 saturated heterocycles. The predicted molar refractivity (Wildman–Crippen MR) is 119 cm³/mol. The Hall–Kier alpha value is -2.98. The van der Waals surface area contributed by atoms with Crippen LogP contribution < -0.4 is 24.7 Å². The highest BCUT2D eigenvalue weighted by Gasteiger charge is 2.10. The summed E-state index contributed by atoms with van der Waals surface area (Å²) < 4.78 is 47.9. The molecule has 10 heteroatoms. The van der Waals surface area contributed by atoms with Gasteiger partial charge in [0.05, 0.1) is 33.7 Å². The van der Waals surface area contributed by atoms with Crippen LogP contribution in [0.2, 0.25) is 0 Å². The van der Waals surface area contributed by atoms with Crippen molar-refractivity contribution in [1.82, 2.24) is 0 Å². The van der Waals surface area contributed by atoms with E-state index in [2.05, 4.69) is 0 Å². The fraction of sp³-hybridized carbons (Fsp3) is 0.381. The predicted octanol–water partition coefficient (Wildman–Crippen LogP) is 3.12. The average Bonchev–Trinajstić information content (AvgIpc) is 2.71. The molecule has 2 aromatic rings. The summed E-state index contributed by atoms with van der Waals surface area (Å²) in [5.74, 6) is 2.81. The van der Waals surface area contributed by atoms with E-state index in [1.54, 1.807) is 26.4 Å². The third-order valence-electron chi connectivity index (χ3n) is 3.85. The summed E-state index contributed by atoms with van der Waals surface area (Å²) >= 11 is 0. The maximum Gasteiger partial charge on any atom is 0.261 e. The fourth-order valence-electron chi connectivity index (χ4n) is 2.46. The smallest absolute Gasteiger partial charge is 0.261 e. The molecule has 2 aromatic carbocycles. The first-order valence-electron chi connectivity index (χ1n) is 9.49. The first-order valence-corrected chi connectivity index (χ1v) is 11.3. The molecule has 0 aromatic heterocycles. The number of hydrogen-bond acceptors (Lipinski definition) is 7. The molecule has 0 atom stereocenters. The van der Waals surface area contributed by atoms with Crippen LogP contribution in [0, 0.1) is 5.41 Å². The van der Waals surface area contributed by atoms with Gasteiger partial charge in [-0.15, -0.1) is 0 Å². The van der Waals surface area contributed by atoms with Crippen LogP contribution in [0.5, 0.6) is 23.0 Å². The topological polar surface area (TPSA) is 141 Å². The van der Waals surface area contributed by atoms with Crippen LogP contribution in [0.25, 0.3) is 0 Å². The van der Waals surface area contributed by atoms with Crippen molar-refractivity contribution in [1.29, 1.82) is 5.41 Å². The van der Waals surface area contributed by atoms with Crippen molar-refractivity contribution >= 4 is 16.0 Å². The summed E-state index contributed by atoms with van der Waals surface area (Å²) in [6, 6.07) is 12.8. The number of nitrogen functional groups attached to an aromatic ring is 1. The number of amidine groups is 1. The third kappa shape index (κ3) is 11.1. The van der Waals surface area contributed by atoms with Gasteiger partial charge >= 0.3 is 0 Å². The van der Waals surface area contributed by atoms with Crippen LogP contribution in [-0.4, -0.2) is 52.5 Å². The summed E-state index contributed by atoms with van der Waals surface area (Å²) in [4.78, 5) is 0. The van der Waals surface area contributed by atoms with E-state index in [1.807, 2.05) is 30.3 Å². The largest absolute Gasteiger partial charge is 0.494 e. The second-order valence-electron chi connectivity index (χ2n) is 6.42. The Bertz CT molecular complexity index is 908. The standard InChI is InChI=1S/C20H26N2O4.CH4O3S/c1-23-17-7-6-8-18(19(17)24-2)26-14-5-3-4-13-25-16-11-9-15(10-12-16)20(21)22;1-5(2,3)4/h6-12H,3-5,13-14H2,1-2H3,(H3,21,22);1H3,(H,2,3,4). The monoisotopic (exact) mass is 454 g/mol.